The lowest BCUT2D eigenvalue weighted by Gasteiger charge is -2.31. The van der Waals surface area contributed by atoms with Gasteiger partial charge in [-0.3, -0.25) is 4.90 Å². The van der Waals surface area contributed by atoms with Crippen molar-refractivity contribution in [1.82, 2.24) is 16.0 Å². The van der Waals surface area contributed by atoms with Crippen LogP contribution in [0.3, 0.4) is 0 Å². The minimum absolute atomic E-state index is 0.158. The topological polar surface area (TPSA) is 237 Å². The molecular formula is C78H84N10O12S6. The van der Waals surface area contributed by atoms with Crippen molar-refractivity contribution >= 4 is 159 Å². The molecule has 0 saturated heterocycles. The van der Waals surface area contributed by atoms with E-state index < -0.39 is 129 Å². The van der Waals surface area contributed by atoms with Crippen LogP contribution < -0.4 is 29.4 Å². The van der Waals surface area contributed by atoms with E-state index in [0.717, 1.165) is 0 Å². The highest BCUT2D eigenvalue weighted by molar-refractivity contribution is 8.05. The second kappa shape index (κ2) is 29.4. The van der Waals surface area contributed by atoms with Crippen molar-refractivity contribution in [2.45, 2.75) is 29.4 Å². The van der Waals surface area contributed by atoms with E-state index in [-0.39, 0.29) is 32.3 Å². The van der Waals surface area contributed by atoms with E-state index in [2.05, 4.69) is 0 Å². The first-order valence-electron chi connectivity index (χ1n) is 33.9. The van der Waals surface area contributed by atoms with Gasteiger partial charge >= 0.3 is 0 Å². The SMILES string of the molecule is CN(C)c1cccc2c(S(=O)(=O)N(CCN(CCN(S(=O)(=O)c3cccc4c(N(C)C)cccc34)S(=O)(=O)c3cccc4c(N(C)C)cccc34)CCN(S(=O)(=O)c3cccc4c(N(C)C)cccc34)S(=O)(=O)c3cccc4c(N(C)C)cccc34)S(=O)(=O)c3cccc4c(N(C)C)cccc34)cccc12. The number of benzene rings is 12. The van der Waals surface area contributed by atoms with Crippen LogP contribution in [0, 0.1) is 0 Å². The lowest BCUT2D eigenvalue weighted by atomic mass is 10.1. The van der Waals surface area contributed by atoms with Crippen molar-refractivity contribution in [3.05, 3.63) is 218 Å². The Labute approximate surface area is 622 Å². The molecule has 0 aliphatic rings. The third kappa shape index (κ3) is 13.7. The second-order valence-electron chi connectivity index (χ2n) is 27.0. The molecule has 0 atom stereocenters. The van der Waals surface area contributed by atoms with E-state index >= 15 is 50.5 Å². The molecule has 0 N–H and O–H groups in total. The molecular weight excluding hydrogens is 1460 g/mol. The number of anilines is 6. The number of hydrogen-bond donors (Lipinski definition) is 0. The molecule has 0 heterocycles. The first-order chi connectivity index (χ1) is 50.1. The molecule has 12 rings (SSSR count). The number of hydrogen-bond acceptors (Lipinski definition) is 19. The van der Waals surface area contributed by atoms with Crippen molar-refractivity contribution in [1.29, 1.82) is 0 Å². The van der Waals surface area contributed by atoms with E-state index in [4.69, 9.17) is 0 Å². The molecule has 12 aromatic carbocycles. The Morgan fingerprint density at radius 3 is 0.453 bits per heavy atom. The Morgan fingerprint density at radius 2 is 0.311 bits per heavy atom. The molecule has 0 fully saturated rings. The Morgan fingerprint density at radius 1 is 0.179 bits per heavy atom. The molecule has 22 nitrogen and oxygen atoms in total. The zero-order valence-corrected chi connectivity index (χ0v) is 65.7. The zero-order valence-electron chi connectivity index (χ0n) is 60.8. The third-order valence-electron chi connectivity index (χ3n) is 19.1. The Bertz CT molecular complexity index is 5220. The predicted octanol–water partition coefficient (Wildman–Crippen LogP) is 11.8. The van der Waals surface area contributed by atoms with Crippen LogP contribution in [0.25, 0.3) is 64.6 Å². The monoisotopic (exact) mass is 1540 g/mol. The maximum atomic E-state index is 16.3. The van der Waals surface area contributed by atoms with Crippen LogP contribution in [0.1, 0.15) is 0 Å². The average Bonchev–Trinajstić information content (AvgIpc) is 0.745. The van der Waals surface area contributed by atoms with Gasteiger partial charge in [-0.15, -0.1) is 0 Å². The predicted molar refractivity (Wildman–Crippen MR) is 429 cm³/mol. The summed E-state index contributed by atoms with van der Waals surface area (Å²) in [6, 6.07) is 56.8. The summed E-state index contributed by atoms with van der Waals surface area (Å²) < 4.78 is 197. The Kier molecular flexibility index (Phi) is 21.1. The van der Waals surface area contributed by atoms with E-state index in [9.17, 15) is 0 Å². The molecule has 0 aliphatic carbocycles. The molecule has 0 unspecified atom stereocenters. The molecule has 0 spiro atoms. The van der Waals surface area contributed by atoms with Crippen LogP contribution in [-0.2, 0) is 60.1 Å². The molecule has 0 saturated carbocycles. The van der Waals surface area contributed by atoms with Gasteiger partial charge < -0.3 is 29.4 Å². The molecule has 0 aliphatic heterocycles. The molecule has 0 bridgehead atoms. The Balaban J connectivity index is 1.09. The number of sulfonamides is 6. The van der Waals surface area contributed by atoms with Crippen LogP contribution in [0.5, 0.6) is 0 Å². The highest BCUT2D eigenvalue weighted by atomic mass is 32.3. The van der Waals surface area contributed by atoms with Gasteiger partial charge in [0.25, 0.3) is 60.1 Å². The van der Waals surface area contributed by atoms with Gasteiger partial charge in [0.05, 0.1) is 29.4 Å². The molecule has 554 valence electrons. The van der Waals surface area contributed by atoms with Crippen molar-refractivity contribution in [3.63, 3.8) is 0 Å². The van der Waals surface area contributed by atoms with Crippen molar-refractivity contribution in [3.8, 4) is 0 Å². The maximum absolute atomic E-state index is 16.3. The van der Waals surface area contributed by atoms with Gasteiger partial charge in [0.2, 0.25) is 0 Å². The van der Waals surface area contributed by atoms with Crippen molar-refractivity contribution < 1.29 is 50.5 Å². The lowest BCUT2D eigenvalue weighted by molar-refractivity contribution is 0.254. The summed E-state index contributed by atoms with van der Waals surface area (Å²) in [5.74, 6) is 0. The molecule has 0 radical (unpaired) electrons. The first kappa shape index (κ1) is 76.2. The summed E-state index contributed by atoms with van der Waals surface area (Å²) in [5, 5.41) is 3.70. The summed E-state index contributed by atoms with van der Waals surface area (Å²) in [5.41, 5.74) is 3.64. The average molecular weight is 1550 g/mol. The maximum Gasteiger partial charge on any atom is 0.257 e. The van der Waals surface area contributed by atoms with Gasteiger partial charge in [-0.2, -0.15) is 0 Å². The number of rotatable bonds is 27. The summed E-state index contributed by atoms with van der Waals surface area (Å²) in [4.78, 5) is 9.49. The van der Waals surface area contributed by atoms with Gasteiger partial charge in [0, 0.05) is 223 Å². The summed E-state index contributed by atoms with van der Waals surface area (Å²) >= 11 is 0. The van der Waals surface area contributed by atoms with E-state index in [1.54, 1.807) is 260 Å². The molecule has 0 amide bonds. The van der Waals surface area contributed by atoms with Gasteiger partial charge in [0.15, 0.2) is 0 Å². The van der Waals surface area contributed by atoms with Crippen molar-refractivity contribution in [2.24, 2.45) is 0 Å². The number of nitrogens with zero attached hydrogens (tertiary/aromatic N) is 10. The van der Waals surface area contributed by atoms with Gasteiger partial charge in [-0.05, 0) is 72.8 Å². The van der Waals surface area contributed by atoms with Gasteiger partial charge in [-0.1, -0.05) is 157 Å². The van der Waals surface area contributed by atoms with E-state index in [1.807, 2.05) is 0 Å². The molecule has 28 heteroatoms. The van der Waals surface area contributed by atoms with E-state index in [0.29, 0.717) is 77.6 Å². The van der Waals surface area contributed by atoms with Crippen LogP contribution in [0.4, 0.5) is 34.1 Å². The van der Waals surface area contributed by atoms with Gasteiger partial charge in [-0.25, -0.2) is 50.5 Å². The van der Waals surface area contributed by atoms with Crippen LogP contribution in [0.2, 0.25) is 0 Å². The Hall–Kier alpha value is -9.46. The smallest absolute Gasteiger partial charge is 0.257 e. The highest BCUT2D eigenvalue weighted by Gasteiger charge is 2.44. The largest absolute Gasteiger partial charge is 0.377 e. The fourth-order valence-electron chi connectivity index (χ4n) is 14.0. The standard InChI is InChI=1S/C78H84N10O12S6/c1-79(2)67-37-13-31-61-55(67)25-19-43-73(61)101(89,90)86(102(91,92)74-44-20-26-56-62(74)32-14-38-68(56)80(3)4)52-49-85(50-53-87(103(93,94)75-45-21-27-57-63(75)33-15-39-69(57)81(5)6)104(95,96)76-46-22-28-58-64(76)34-16-40-70(58)82(7)8)51-54-88(105(97,98)77-47-23-29-59-65(77)35-17-41-71(59)83(9)10)106(99,100)78-48-24-30-60-66(78)36-18-42-72(60)84(11)12/h13-48H,49-54H2,1-12H3. The number of fused-ring (bicyclic) bond motifs is 6. The molecule has 106 heavy (non-hydrogen) atoms. The van der Waals surface area contributed by atoms with Crippen LogP contribution in [0.15, 0.2) is 248 Å². The first-order valence-corrected chi connectivity index (χ1v) is 42.5. The quantitative estimate of drug-likeness (QED) is 0.0465. The van der Waals surface area contributed by atoms with Crippen molar-refractivity contribution in [2.75, 3.05) is 153 Å². The zero-order chi connectivity index (χ0) is 76.3. The van der Waals surface area contributed by atoms with Crippen LogP contribution >= 0.6 is 0 Å². The highest BCUT2D eigenvalue weighted by Crippen LogP contribution is 2.42. The summed E-state index contributed by atoms with van der Waals surface area (Å²) in [6.07, 6.45) is 0. The third-order valence-corrected chi connectivity index (χ3v) is 32.4. The lowest BCUT2D eigenvalue weighted by Crippen LogP contribution is -2.48. The minimum Gasteiger partial charge on any atom is -0.377 e. The molecule has 12 aromatic rings. The second-order valence-corrected chi connectivity index (χ2v) is 38.7. The van der Waals surface area contributed by atoms with Crippen LogP contribution in [-0.4, -0.2) is 190 Å². The van der Waals surface area contributed by atoms with E-state index in [1.165, 1.54) is 77.7 Å². The fraction of sp³-hybridized carbons (Fsp3) is 0.231. The van der Waals surface area contributed by atoms with Gasteiger partial charge in [0.1, 0.15) is 0 Å². The summed E-state index contributed by atoms with van der Waals surface area (Å²) in [6.45, 7) is -5.33. The normalized spacial score (nSPS) is 12.8. The fourth-order valence-corrected chi connectivity index (χ4v) is 26.1. The molecule has 0 aromatic heterocycles. The minimum atomic E-state index is -5.32. The summed E-state index contributed by atoms with van der Waals surface area (Å²) in [7, 11) is -10.6.